The van der Waals surface area contributed by atoms with Crippen LogP contribution < -0.4 is 0 Å². The van der Waals surface area contributed by atoms with Gasteiger partial charge in [-0.1, -0.05) is 6.07 Å². The van der Waals surface area contributed by atoms with Crippen molar-refractivity contribution in [1.29, 1.82) is 0 Å². The molecule has 0 aliphatic carbocycles. The van der Waals surface area contributed by atoms with Gasteiger partial charge in [-0.15, -0.1) is 21.5 Å². The maximum absolute atomic E-state index is 5.22. The van der Waals surface area contributed by atoms with E-state index in [4.69, 9.17) is 4.42 Å². The standard InChI is InChI=1S/C7H6N2OS/c1-5-8-9-7(10-5)6-3-2-4-11-6/h2-4H,1H3. The summed E-state index contributed by atoms with van der Waals surface area (Å²) in [5.74, 6) is 1.21. The van der Waals surface area contributed by atoms with Crippen molar-refractivity contribution in [1.82, 2.24) is 10.2 Å². The van der Waals surface area contributed by atoms with Crippen molar-refractivity contribution < 1.29 is 4.42 Å². The number of thiophene rings is 1. The quantitative estimate of drug-likeness (QED) is 0.651. The SMILES string of the molecule is Cc1nnc(-c2cccs2)o1. The lowest BCUT2D eigenvalue weighted by atomic mass is 10.5. The molecular formula is C7H6N2OS. The zero-order valence-corrected chi connectivity index (χ0v) is 6.76. The molecule has 0 amide bonds. The summed E-state index contributed by atoms with van der Waals surface area (Å²) in [5.41, 5.74) is 0. The summed E-state index contributed by atoms with van der Waals surface area (Å²) in [6.45, 7) is 1.78. The third kappa shape index (κ3) is 1.17. The van der Waals surface area contributed by atoms with Gasteiger partial charge in [-0.2, -0.15) is 0 Å². The Morgan fingerprint density at radius 2 is 2.36 bits per heavy atom. The first-order valence-corrected chi connectivity index (χ1v) is 4.08. The Bertz CT molecular complexity index is 339. The van der Waals surface area contributed by atoms with Crippen molar-refractivity contribution in [2.24, 2.45) is 0 Å². The van der Waals surface area contributed by atoms with Gasteiger partial charge in [-0.25, -0.2) is 0 Å². The molecule has 0 spiro atoms. The molecule has 2 aromatic heterocycles. The third-order valence-electron chi connectivity index (χ3n) is 1.26. The second-order valence-corrected chi connectivity index (χ2v) is 3.05. The molecule has 4 heteroatoms. The highest BCUT2D eigenvalue weighted by Crippen LogP contribution is 2.22. The van der Waals surface area contributed by atoms with Gasteiger partial charge in [0, 0.05) is 6.92 Å². The van der Waals surface area contributed by atoms with Gasteiger partial charge in [0.25, 0.3) is 5.89 Å². The monoisotopic (exact) mass is 166 g/mol. The minimum atomic E-state index is 0.605. The van der Waals surface area contributed by atoms with E-state index in [0.29, 0.717) is 11.8 Å². The molecule has 2 aromatic rings. The highest BCUT2D eigenvalue weighted by Gasteiger charge is 2.04. The molecule has 0 N–H and O–H groups in total. The summed E-state index contributed by atoms with van der Waals surface area (Å²) in [6.07, 6.45) is 0. The molecule has 0 saturated heterocycles. The fourth-order valence-electron chi connectivity index (χ4n) is 0.796. The molecule has 2 rings (SSSR count). The summed E-state index contributed by atoms with van der Waals surface area (Å²) < 4.78 is 5.22. The maximum atomic E-state index is 5.22. The van der Waals surface area contributed by atoms with Crippen LogP contribution in [0.5, 0.6) is 0 Å². The lowest BCUT2D eigenvalue weighted by Gasteiger charge is -1.82. The molecule has 56 valence electrons. The van der Waals surface area contributed by atoms with Gasteiger partial charge in [-0.3, -0.25) is 0 Å². The third-order valence-corrected chi connectivity index (χ3v) is 2.12. The highest BCUT2D eigenvalue weighted by molar-refractivity contribution is 7.13. The molecule has 3 nitrogen and oxygen atoms in total. The summed E-state index contributed by atoms with van der Waals surface area (Å²) in [7, 11) is 0. The lowest BCUT2D eigenvalue weighted by molar-refractivity contribution is 0.534. The van der Waals surface area contributed by atoms with Crippen LogP contribution in [0.15, 0.2) is 21.9 Å². The van der Waals surface area contributed by atoms with E-state index in [0.717, 1.165) is 4.88 Å². The van der Waals surface area contributed by atoms with Crippen LogP contribution in [0, 0.1) is 6.92 Å². The molecule has 0 atom stereocenters. The minimum absolute atomic E-state index is 0.605. The average Bonchev–Trinajstić information content (AvgIpc) is 2.55. The second-order valence-electron chi connectivity index (χ2n) is 2.10. The van der Waals surface area contributed by atoms with Crippen molar-refractivity contribution in [2.75, 3.05) is 0 Å². The fraction of sp³-hybridized carbons (Fsp3) is 0.143. The first kappa shape index (κ1) is 6.54. The van der Waals surface area contributed by atoms with E-state index in [1.807, 2.05) is 17.5 Å². The van der Waals surface area contributed by atoms with Gasteiger partial charge in [0.15, 0.2) is 0 Å². The van der Waals surface area contributed by atoms with Gasteiger partial charge >= 0.3 is 0 Å². The van der Waals surface area contributed by atoms with E-state index < -0.39 is 0 Å². The van der Waals surface area contributed by atoms with Crippen molar-refractivity contribution in [3.05, 3.63) is 23.4 Å². The second kappa shape index (κ2) is 2.47. The summed E-state index contributed by atoms with van der Waals surface area (Å²) in [5, 5.41) is 9.60. The normalized spacial score (nSPS) is 10.3. The van der Waals surface area contributed by atoms with Crippen LogP contribution in [0.1, 0.15) is 5.89 Å². The Hall–Kier alpha value is -1.16. The fourth-order valence-corrected chi connectivity index (χ4v) is 1.44. The predicted molar refractivity (Wildman–Crippen MR) is 42.3 cm³/mol. The first-order chi connectivity index (χ1) is 5.36. The molecule has 0 aliphatic heterocycles. The first-order valence-electron chi connectivity index (χ1n) is 3.20. The zero-order valence-electron chi connectivity index (χ0n) is 5.94. The summed E-state index contributed by atoms with van der Waals surface area (Å²) in [4.78, 5) is 1.02. The average molecular weight is 166 g/mol. The maximum Gasteiger partial charge on any atom is 0.257 e. The topological polar surface area (TPSA) is 38.9 Å². The van der Waals surface area contributed by atoms with Crippen LogP contribution in [-0.2, 0) is 0 Å². The molecule has 11 heavy (non-hydrogen) atoms. The van der Waals surface area contributed by atoms with Gasteiger partial charge in [0.1, 0.15) is 0 Å². The largest absolute Gasteiger partial charge is 0.420 e. The van der Waals surface area contributed by atoms with Crippen LogP contribution in [-0.4, -0.2) is 10.2 Å². The summed E-state index contributed by atoms with van der Waals surface area (Å²) in [6, 6.07) is 3.91. The minimum Gasteiger partial charge on any atom is -0.420 e. The number of nitrogens with zero attached hydrogens (tertiary/aromatic N) is 2. The molecule has 0 saturated carbocycles. The van der Waals surface area contributed by atoms with Gasteiger partial charge in [0.2, 0.25) is 5.89 Å². The Morgan fingerprint density at radius 1 is 1.45 bits per heavy atom. The van der Waals surface area contributed by atoms with E-state index in [2.05, 4.69) is 10.2 Å². The van der Waals surface area contributed by atoms with Gasteiger partial charge in [-0.05, 0) is 11.4 Å². The molecule has 0 unspecified atom stereocenters. The van der Waals surface area contributed by atoms with Crippen molar-refractivity contribution >= 4 is 11.3 Å². The predicted octanol–water partition coefficient (Wildman–Crippen LogP) is 2.11. The molecule has 0 fully saturated rings. The van der Waals surface area contributed by atoms with Crippen LogP contribution in [0.25, 0.3) is 10.8 Å². The molecule has 0 aromatic carbocycles. The number of aryl methyl sites for hydroxylation is 1. The van der Waals surface area contributed by atoms with Crippen molar-refractivity contribution in [2.45, 2.75) is 6.92 Å². The molecule has 0 bridgehead atoms. The van der Waals surface area contributed by atoms with E-state index in [9.17, 15) is 0 Å². The number of rotatable bonds is 1. The Balaban J connectivity index is 2.45. The molecular weight excluding hydrogens is 160 g/mol. The van der Waals surface area contributed by atoms with Gasteiger partial charge in [0.05, 0.1) is 4.88 Å². The molecule has 2 heterocycles. The lowest BCUT2D eigenvalue weighted by Crippen LogP contribution is -1.70. The van der Waals surface area contributed by atoms with Crippen LogP contribution in [0.3, 0.4) is 0 Å². The Morgan fingerprint density at radius 3 is 2.91 bits per heavy atom. The zero-order chi connectivity index (χ0) is 7.68. The van der Waals surface area contributed by atoms with Crippen LogP contribution in [0.2, 0.25) is 0 Å². The van der Waals surface area contributed by atoms with E-state index in [1.165, 1.54) is 0 Å². The van der Waals surface area contributed by atoms with E-state index >= 15 is 0 Å². The highest BCUT2D eigenvalue weighted by atomic mass is 32.1. The van der Waals surface area contributed by atoms with E-state index in [-0.39, 0.29) is 0 Å². The summed E-state index contributed by atoms with van der Waals surface area (Å²) >= 11 is 1.59. The number of hydrogen-bond acceptors (Lipinski definition) is 4. The van der Waals surface area contributed by atoms with E-state index in [1.54, 1.807) is 18.3 Å². The Kier molecular flexibility index (Phi) is 1.47. The molecule has 0 radical (unpaired) electrons. The number of aromatic nitrogens is 2. The van der Waals surface area contributed by atoms with Gasteiger partial charge < -0.3 is 4.42 Å². The molecule has 0 aliphatic rings. The Labute approximate surface area is 67.7 Å². The van der Waals surface area contributed by atoms with Crippen LogP contribution in [0.4, 0.5) is 0 Å². The van der Waals surface area contributed by atoms with Crippen molar-refractivity contribution in [3.63, 3.8) is 0 Å². The number of hydrogen-bond donors (Lipinski definition) is 0. The smallest absolute Gasteiger partial charge is 0.257 e. The van der Waals surface area contributed by atoms with Crippen LogP contribution >= 0.6 is 11.3 Å². The van der Waals surface area contributed by atoms with Crippen molar-refractivity contribution in [3.8, 4) is 10.8 Å².